The molecule has 25 heavy (non-hydrogen) atoms. The van der Waals surface area contributed by atoms with Crippen molar-refractivity contribution < 1.29 is 19.1 Å². The molecule has 132 valence electrons. The fourth-order valence-corrected chi connectivity index (χ4v) is 3.55. The van der Waals surface area contributed by atoms with Gasteiger partial charge in [0.05, 0.1) is 11.1 Å². The second-order valence-corrected chi connectivity index (χ2v) is 6.91. The quantitative estimate of drug-likeness (QED) is 0.605. The fourth-order valence-electron chi connectivity index (χ4n) is 3.55. The first-order valence-corrected chi connectivity index (χ1v) is 9.24. The summed E-state index contributed by atoms with van der Waals surface area (Å²) in [4.78, 5) is 24.3. The molecule has 0 spiro atoms. The Balaban J connectivity index is 0.00000225. The van der Waals surface area contributed by atoms with Gasteiger partial charge in [0.2, 0.25) is 0 Å². The van der Waals surface area contributed by atoms with Crippen LogP contribution < -0.4 is 0 Å². The SMILES string of the molecule is O=C(OC1CCCCC1)c1ccc(C(=O)OC2CCCCC2)cc1.[NaH]. The van der Waals surface area contributed by atoms with Crippen molar-refractivity contribution in [2.75, 3.05) is 0 Å². The Kier molecular flexibility index (Phi) is 8.47. The van der Waals surface area contributed by atoms with E-state index in [0.717, 1.165) is 51.4 Å². The summed E-state index contributed by atoms with van der Waals surface area (Å²) in [6.07, 6.45) is 10.9. The van der Waals surface area contributed by atoms with Gasteiger partial charge in [-0.3, -0.25) is 0 Å². The van der Waals surface area contributed by atoms with E-state index in [2.05, 4.69) is 0 Å². The summed E-state index contributed by atoms with van der Waals surface area (Å²) in [7, 11) is 0. The van der Waals surface area contributed by atoms with Crippen molar-refractivity contribution in [3.05, 3.63) is 35.4 Å². The molecule has 0 saturated heterocycles. The van der Waals surface area contributed by atoms with Gasteiger partial charge < -0.3 is 9.47 Å². The monoisotopic (exact) mass is 354 g/mol. The molecule has 0 bridgehead atoms. The Morgan fingerprint density at radius 1 is 0.640 bits per heavy atom. The normalized spacial score (nSPS) is 18.9. The molecule has 2 aliphatic rings. The second-order valence-electron chi connectivity index (χ2n) is 6.91. The molecule has 1 aromatic carbocycles. The Bertz CT molecular complexity index is 507. The van der Waals surface area contributed by atoms with Crippen LogP contribution >= 0.6 is 0 Å². The Morgan fingerprint density at radius 3 is 1.28 bits per heavy atom. The molecule has 3 rings (SSSR count). The molecule has 5 heteroatoms. The molecule has 0 atom stereocenters. The van der Waals surface area contributed by atoms with Gasteiger partial charge in [-0.05, 0) is 75.6 Å². The second kappa shape index (κ2) is 10.3. The van der Waals surface area contributed by atoms with Gasteiger partial charge in [0.15, 0.2) is 0 Å². The van der Waals surface area contributed by atoms with Crippen molar-refractivity contribution >= 4 is 41.5 Å². The zero-order valence-electron chi connectivity index (χ0n) is 14.2. The molecule has 2 fully saturated rings. The first-order chi connectivity index (χ1) is 11.7. The summed E-state index contributed by atoms with van der Waals surface area (Å²) >= 11 is 0. The molecular weight excluding hydrogens is 327 g/mol. The van der Waals surface area contributed by atoms with Crippen LogP contribution in [0.15, 0.2) is 24.3 Å². The summed E-state index contributed by atoms with van der Waals surface area (Å²) in [6, 6.07) is 6.62. The standard InChI is InChI=1S/C20H26O4.Na.H/c21-19(23-17-7-3-1-4-8-17)15-11-13-16(14-12-15)20(22)24-18-9-5-2-6-10-18;;/h11-14,17-18H,1-10H2;;. The number of carbonyl (C=O) groups excluding carboxylic acids is 2. The van der Waals surface area contributed by atoms with E-state index in [1.165, 1.54) is 12.8 Å². The predicted molar refractivity (Wildman–Crippen MR) is 98.2 cm³/mol. The maximum absolute atomic E-state index is 12.2. The zero-order chi connectivity index (χ0) is 16.8. The van der Waals surface area contributed by atoms with Gasteiger partial charge in [0.25, 0.3) is 0 Å². The van der Waals surface area contributed by atoms with Crippen LogP contribution in [-0.2, 0) is 9.47 Å². The third-order valence-electron chi connectivity index (χ3n) is 5.01. The summed E-state index contributed by atoms with van der Waals surface area (Å²) < 4.78 is 11.1. The molecule has 4 nitrogen and oxygen atoms in total. The van der Waals surface area contributed by atoms with Crippen LogP contribution in [0.25, 0.3) is 0 Å². The molecule has 2 aliphatic carbocycles. The number of hydrogen-bond acceptors (Lipinski definition) is 4. The number of hydrogen-bond donors (Lipinski definition) is 0. The van der Waals surface area contributed by atoms with Gasteiger partial charge in [0.1, 0.15) is 12.2 Å². The van der Waals surface area contributed by atoms with Crippen LogP contribution in [0.5, 0.6) is 0 Å². The number of esters is 2. The van der Waals surface area contributed by atoms with Crippen LogP contribution in [0, 0.1) is 0 Å². The van der Waals surface area contributed by atoms with E-state index in [0.29, 0.717) is 11.1 Å². The molecule has 0 amide bonds. The number of rotatable bonds is 4. The molecule has 1 aromatic rings. The summed E-state index contributed by atoms with van der Waals surface area (Å²) in [5.74, 6) is -0.594. The van der Waals surface area contributed by atoms with Crippen LogP contribution in [0.1, 0.15) is 84.9 Å². The number of ether oxygens (including phenoxy) is 2. The average Bonchev–Trinajstić information content (AvgIpc) is 2.63. The van der Waals surface area contributed by atoms with E-state index in [4.69, 9.17) is 9.47 Å². The third kappa shape index (κ3) is 6.12. The van der Waals surface area contributed by atoms with E-state index in [-0.39, 0.29) is 53.7 Å². The van der Waals surface area contributed by atoms with Crippen LogP contribution in [0.3, 0.4) is 0 Å². The summed E-state index contributed by atoms with van der Waals surface area (Å²) in [5, 5.41) is 0. The molecule has 0 unspecified atom stereocenters. The van der Waals surface area contributed by atoms with Gasteiger partial charge in [0, 0.05) is 0 Å². The van der Waals surface area contributed by atoms with Gasteiger partial charge >= 0.3 is 41.5 Å². The van der Waals surface area contributed by atoms with Crippen molar-refractivity contribution in [2.45, 2.75) is 76.4 Å². The first-order valence-electron chi connectivity index (χ1n) is 9.24. The summed E-state index contributed by atoms with van der Waals surface area (Å²) in [6.45, 7) is 0. The molecule has 2 saturated carbocycles. The minimum absolute atomic E-state index is 0. The van der Waals surface area contributed by atoms with E-state index in [1.54, 1.807) is 24.3 Å². The number of benzene rings is 1. The maximum atomic E-state index is 12.2. The van der Waals surface area contributed by atoms with Crippen molar-refractivity contribution in [1.82, 2.24) is 0 Å². The fraction of sp³-hybridized carbons (Fsp3) is 0.600. The summed E-state index contributed by atoms with van der Waals surface area (Å²) in [5.41, 5.74) is 0.990. The number of carbonyl (C=O) groups is 2. The molecule has 0 heterocycles. The van der Waals surface area contributed by atoms with Crippen molar-refractivity contribution in [3.8, 4) is 0 Å². The predicted octanol–water partition coefficient (Wildman–Crippen LogP) is 4.02. The Morgan fingerprint density at radius 2 is 0.960 bits per heavy atom. The molecular formula is C20H27NaO4. The molecule has 0 aliphatic heterocycles. The Labute approximate surface area is 171 Å². The minimum atomic E-state index is -0.297. The van der Waals surface area contributed by atoms with Crippen LogP contribution in [0.4, 0.5) is 0 Å². The Hall–Kier alpha value is -0.840. The van der Waals surface area contributed by atoms with E-state index in [9.17, 15) is 9.59 Å². The van der Waals surface area contributed by atoms with Gasteiger partial charge in [-0.15, -0.1) is 0 Å². The molecule has 0 N–H and O–H groups in total. The van der Waals surface area contributed by atoms with Gasteiger partial charge in [-0.25, -0.2) is 9.59 Å². The van der Waals surface area contributed by atoms with Crippen molar-refractivity contribution in [2.24, 2.45) is 0 Å². The molecule has 0 aromatic heterocycles. The van der Waals surface area contributed by atoms with E-state index in [1.807, 2.05) is 0 Å². The van der Waals surface area contributed by atoms with Gasteiger partial charge in [-0.2, -0.15) is 0 Å². The average molecular weight is 354 g/mol. The van der Waals surface area contributed by atoms with Crippen molar-refractivity contribution in [3.63, 3.8) is 0 Å². The first kappa shape index (κ1) is 20.5. The van der Waals surface area contributed by atoms with Crippen molar-refractivity contribution in [1.29, 1.82) is 0 Å². The van der Waals surface area contributed by atoms with E-state index >= 15 is 0 Å². The zero-order valence-corrected chi connectivity index (χ0v) is 14.2. The van der Waals surface area contributed by atoms with Crippen LogP contribution in [0.2, 0.25) is 0 Å². The topological polar surface area (TPSA) is 52.6 Å². The third-order valence-corrected chi connectivity index (χ3v) is 5.01. The van der Waals surface area contributed by atoms with Crippen LogP contribution in [-0.4, -0.2) is 53.7 Å². The van der Waals surface area contributed by atoms with E-state index < -0.39 is 0 Å². The molecule has 0 radical (unpaired) electrons. The van der Waals surface area contributed by atoms with Gasteiger partial charge in [-0.1, -0.05) is 12.8 Å².